The Balaban J connectivity index is 1.36. The molecule has 3 aliphatic rings. The molecule has 3 aliphatic heterocycles. The van der Waals surface area contributed by atoms with Crippen molar-refractivity contribution >= 4 is 56.4 Å². The van der Waals surface area contributed by atoms with Gasteiger partial charge in [-0.2, -0.15) is 0 Å². The number of cyclic esters (lactones) is 1. The number of carbonyl (C=O) groups excluding carboxylic acids is 4. The van der Waals surface area contributed by atoms with Crippen LogP contribution >= 0.6 is 22.7 Å². The van der Waals surface area contributed by atoms with E-state index in [2.05, 4.69) is 41.4 Å². The molecule has 1 unspecified atom stereocenters. The Morgan fingerprint density at radius 1 is 0.966 bits per heavy atom. The summed E-state index contributed by atoms with van der Waals surface area (Å²) in [7, 11) is 3.74. The lowest BCUT2D eigenvalue weighted by atomic mass is 9.73. The van der Waals surface area contributed by atoms with Crippen molar-refractivity contribution in [3.05, 3.63) is 47.3 Å². The molecule has 0 saturated carbocycles. The number of fused-ring (bicyclic) bond motifs is 2. The van der Waals surface area contributed by atoms with Gasteiger partial charge in [0.25, 0.3) is 0 Å². The Morgan fingerprint density at radius 2 is 1.69 bits per heavy atom. The first-order valence-electron chi connectivity index (χ1n) is 20.5. The average Bonchev–Trinajstić information content (AvgIpc) is 3.93. The van der Waals surface area contributed by atoms with Crippen molar-refractivity contribution in [3.8, 4) is 21.6 Å². The first-order valence-corrected chi connectivity index (χ1v) is 22.1. The molecule has 0 radical (unpaired) electrons. The van der Waals surface area contributed by atoms with Gasteiger partial charge in [0.2, 0.25) is 0 Å². The van der Waals surface area contributed by atoms with Crippen LogP contribution in [-0.2, 0) is 38.1 Å². The topological polar surface area (TPSA) is 150 Å². The lowest BCUT2D eigenvalue weighted by Gasteiger charge is -2.47. The molecule has 14 heteroatoms. The normalized spacial score (nSPS) is 36.0. The summed E-state index contributed by atoms with van der Waals surface area (Å²) in [6.45, 7) is 13.7. The monoisotopic (exact) mass is 850 g/mol. The third-order valence-corrected chi connectivity index (χ3v) is 14.7. The second-order valence-corrected chi connectivity index (χ2v) is 19.3. The zero-order valence-electron chi connectivity index (χ0n) is 35.6. The number of benzene rings is 1. The quantitative estimate of drug-likeness (QED) is 0.146. The maximum absolute atomic E-state index is 14.5. The van der Waals surface area contributed by atoms with Crippen molar-refractivity contribution in [1.82, 2.24) is 10.2 Å². The standard InChI is InChI=1S/C45H58N2O10S2/c1-11-35-45(8)39(46-43(52)57-45)26(4)36(48)24(2)23-44(7,53-20-14-16-30-18-19-33(58-30)34-22-29-15-12-13-17-32(29)59-34)40(27(5)37(49)28(6)41(51)55-35)56-42-38(50)31(47(9)10)21-25(3)54-42/h12-13,15,17-19,22,24-28,31,35,38-40,42,50H,11,20-21,23H2,1-10H3,(H,46,52)/t24-,25-,26+,27+,28-,31+,35-,38-,39-,40-,42+,44?,45-/m1/s1. The third kappa shape index (κ3) is 9.32. The van der Waals surface area contributed by atoms with E-state index in [0.717, 1.165) is 14.6 Å². The van der Waals surface area contributed by atoms with Crippen LogP contribution in [-0.4, -0.2) is 108 Å². The van der Waals surface area contributed by atoms with Crippen molar-refractivity contribution in [2.45, 2.75) is 129 Å². The minimum atomic E-state index is -1.40. The highest BCUT2D eigenvalue weighted by Gasteiger charge is 2.57. The van der Waals surface area contributed by atoms with Crippen LogP contribution in [0, 0.1) is 35.5 Å². The number of nitrogens with zero attached hydrogens (tertiary/aromatic N) is 1. The summed E-state index contributed by atoms with van der Waals surface area (Å²) in [4.78, 5) is 60.6. The van der Waals surface area contributed by atoms with Crippen molar-refractivity contribution in [3.63, 3.8) is 0 Å². The van der Waals surface area contributed by atoms with Crippen molar-refractivity contribution in [2.75, 3.05) is 20.7 Å². The highest BCUT2D eigenvalue weighted by atomic mass is 32.1. The van der Waals surface area contributed by atoms with E-state index in [9.17, 15) is 24.3 Å². The fourth-order valence-corrected chi connectivity index (χ4v) is 11.1. The minimum absolute atomic E-state index is 0.0684. The number of Topliss-reactive ketones (excluding diaryl/α,β-unsaturated/α-hetero) is 2. The van der Waals surface area contributed by atoms with Gasteiger partial charge in [-0.15, -0.1) is 22.7 Å². The van der Waals surface area contributed by atoms with E-state index >= 15 is 0 Å². The molecular formula is C45H58N2O10S2. The molecule has 3 fully saturated rings. The molecular weight excluding hydrogens is 793 g/mol. The zero-order chi connectivity index (χ0) is 43.0. The summed E-state index contributed by atoms with van der Waals surface area (Å²) in [5.41, 5.74) is -2.78. The van der Waals surface area contributed by atoms with E-state index in [1.165, 1.54) is 17.0 Å². The zero-order valence-corrected chi connectivity index (χ0v) is 37.2. The number of hydrogen-bond donors (Lipinski definition) is 2. The number of ketones is 2. The minimum Gasteiger partial charge on any atom is -0.458 e. The molecule has 5 heterocycles. The van der Waals surface area contributed by atoms with E-state index in [-0.39, 0.29) is 37.4 Å². The number of aliphatic hydroxyl groups excluding tert-OH is 1. The third-order valence-electron chi connectivity index (χ3n) is 12.4. The van der Waals surface area contributed by atoms with E-state index in [1.54, 1.807) is 64.2 Å². The molecule has 2 aromatic heterocycles. The Morgan fingerprint density at radius 3 is 2.39 bits per heavy atom. The van der Waals surface area contributed by atoms with Gasteiger partial charge in [-0.25, -0.2) is 4.79 Å². The second-order valence-electron chi connectivity index (χ2n) is 17.1. The highest BCUT2D eigenvalue weighted by molar-refractivity contribution is 7.26. The second kappa shape index (κ2) is 18.1. The Labute approximate surface area is 355 Å². The first kappa shape index (κ1) is 44.9. The van der Waals surface area contributed by atoms with Gasteiger partial charge in [-0.05, 0) is 90.7 Å². The van der Waals surface area contributed by atoms with Crippen LogP contribution in [0.15, 0.2) is 42.5 Å². The van der Waals surface area contributed by atoms with Gasteiger partial charge >= 0.3 is 12.1 Å². The lowest BCUT2D eigenvalue weighted by Crippen LogP contribution is -2.60. The molecule has 3 saturated heterocycles. The summed E-state index contributed by atoms with van der Waals surface area (Å²) in [6, 6.07) is 13.3. The largest absolute Gasteiger partial charge is 0.458 e. The Kier molecular flexibility index (Phi) is 13.8. The number of aliphatic hydroxyl groups is 1. The van der Waals surface area contributed by atoms with Crippen LogP contribution in [0.3, 0.4) is 0 Å². The smallest absolute Gasteiger partial charge is 0.408 e. The lowest BCUT2D eigenvalue weighted by molar-refractivity contribution is -0.296. The van der Waals surface area contributed by atoms with Crippen LogP contribution in [0.1, 0.15) is 79.5 Å². The molecule has 0 bridgehead atoms. The van der Waals surface area contributed by atoms with Gasteiger partial charge in [-0.3, -0.25) is 14.4 Å². The van der Waals surface area contributed by atoms with Gasteiger partial charge in [0.05, 0.1) is 28.7 Å². The van der Waals surface area contributed by atoms with Crippen LogP contribution in [0.2, 0.25) is 0 Å². The van der Waals surface area contributed by atoms with Gasteiger partial charge in [-0.1, -0.05) is 57.7 Å². The highest BCUT2D eigenvalue weighted by Crippen LogP contribution is 2.41. The molecule has 320 valence electrons. The fraction of sp³-hybridized carbons (Fsp3) is 0.600. The predicted molar refractivity (Wildman–Crippen MR) is 227 cm³/mol. The summed E-state index contributed by atoms with van der Waals surface area (Å²) in [6.07, 6.45) is -4.47. The van der Waals surface area contributed by atoms with Crippen molar-refractivity contribution in [2.24, 2.45) is 23.7 Å². The molecule has 59 heavy (non-hydrogen) atoms. The average molecular weight is 851 g/mol. The van der Waals surface area contributed by atoms with Gasteiger partial charge in [0.15, 0.2) is 17.7 Å². The number of carbonyl (C=O) groups is 4. The summed E-state index contributed by atoms with van der Waals surface area (Å²) in [5.74, 6) is 1.18. The van der Waals surface area contributed by atoms with Crippen LogP contribution < -0.4 is 5.32 Å². The molecule has 1 amide bonds. The molecule has 13 atom stereocenters. The summed E-state index contributed by atoms with van der Waals surface area (Å²) >= 11 is 3.31. The molecule has 2 N–H and O–H groups in total. The number of ether oxygens (including phenoxy) is 5. The number of hydrogen-bond acceptors (Lipinski definition) is 13. The first-order chi connectivity index (χ1) is 27.9. The predicted octanol–water partition coefficient (Wildman–Crippen LogP) is 6.84. The summed E-state index contributed by atoms with van der Waals surface area (Å²) < 4.78 is 32.6. The van der Waals surface area contributed by atoms with Gasteiger partial charge in [0, 0.05) is 38.2 Å². The van der Waals surface area contributed by atoms with E-state index in [0.29, 0.717) is 6.42 Å². The number of alkyl carbamates (subject to hydrolysis) is 1. The summed E-state index contributed by atoms with van der Waals surface area (Å²) in [5, 5.41) is 15.6. The number of likely N-dealkylation sites (N-methyl/N-ethyl adjacent to an activating group) is 1. The Bertz CT molecular complexity index is 2050. The van der Waals surface area contributed by atoms with E-state index in [4.69, 9.17) is 23.7 Å². The van der Waals surface area contributed by atoms with E-state index < -0.39 is 83.4 Å². The van der Waals surface area contributed by atoms with Crippen molar-refractivity contribution < 1.29 is 48.0 Å². The van der Waals surface area contributed by atoms with Crippen LogP contribution in [0.25, 0.3) is 19.8 Å². The number of nitrogens with one attached hydrogen (secondary N) is 1. The molecule has 1 aromatic carbocycles. The maximum atomic E-state index is 14.5. The number of rotatable bonds is 7. The molecule has 3 aromatic rings. The number of thiophene rings is 2. The molecule has 12 nitrogen and oxygen atoms in total. The van der Waals surface area contributed by atoms with E-state index in [1.807, 2.05) is 44.1 Å². The number of esters is 1. The van der Waals surface area contributed by atoms with Gasteiger partial charge in [0.1, 0.15) is 30.5 Å². The maximum Gasteiger partial charge on any atom is 0.408 e. The Hall–Kier alpha value is -3.68. The molecule has 0 spiro atoms. The van der Waals surface area contributed by atoms with Crippen molar-refractivity contribution in [1.29, 1.82) is 0 Å². The molecule has 0 aliphatic carbocycles. The SMILES string of the molecule is CC[C@H]1OC(=O)[C@H](C)C(=O)[C@H](C)[C@@H](O[C@@H]2O[C@H](C)C[C@H](N(C)C)[C@H]2O)C(C)(OCC#Cc2ccc(-c3cc4ccccc4s3)s2)C[C@@H](C)C(=O)[C@H](C)[C@H]2NC(=O)O[C@@]21C. The molecule has 6 rings (SSSR count). The van der Waals surface area contributed by atoms with Crippen LogP contribution in [0.5, 0.6) is 0 Å². The number of amides is 1. The van der Waals surface area contributed by atoms with Gasteiger partial charge < -0.3 is 39.0 Å². The van der Waals surface area contributed by atoms with Crippen LogP contribution in [0.4, 0.5) is 4.79 Å². The fourth-order valence-electron chi connectivity index (χ4n) is 9.09.